The predicted octanol–water partition coefficient (Wildman–Crippen LogP) is 1.79. The Morgan fingerprint density at radius 1 is 1.62 bits per heavy atom. The maximum absolute atomic E-state index is 5.70. The summed E-state index contributed by atoms with van der Waals surface area (Å²) in [5.74, 6) is 0.784. The smallest absolute Gasteiger partial charge is 0.142 e. The van der Waals surface area contributed by atoms with Crippen LogP contribution in [0.2, 0.25) is 0 Å². The molecule has 4 nitrogen and oxygen atoms in total. The lowest BCUT2D eigenvalue weighted by Crippen LogP contribution is -2.06. The molecule has 0 radical (unpaired) electrons. The number of nitrogens with two attached hydrogens (primary N) is 1. The van der Waals surface area contributed by atoms with Crippen LogP contribution in [0.25, 0.3) is 0 Å². The minimum absolute atomic E-state index is 0.140. The van der Waals surface area contributed by atoms with Crippen molar-refractivity contribution in [3.8, 4) is 5.75 Å². The quantitative estimate of drug-likeness (QED) is 0.843. The van der Waals surface area contributed by atoms with Crippen molar-refractivity contribution in [2.75, 3.05) is 13.2 Å². The van der Waals surface area contributed by atoms with Crippen LogP contribution in [-0.4, -0.2) is 18.2 Å². The average molecular weight is 222 g/mol. The Hall–Kier alpha value is -1.13. The normalized spacial score (nSPS) is 20.0. The lowest BCUT2D eigenvalue weighted by atomic mass is 10.1. The van der Waals surface area contributed by atoms with Crippen LogP contribution >= 0.6 is 0 Å². The fourth-order valence-electron chi connectivity index (χ4n) is 1.93. The van der Waals surface area contributed by atoms with E-state index in [-0.39, 0.29) is 6.10 Å². The minimum atomic E-state index is 0.140. The summed E-state index contributed by atoms with van der Waals surface area (Å²) in [6.45, 7) is 3.89. The SMILES string of the molecule is CCOc1cnc(C2CCCO2)cc1CN. The molecule has 1 aliphatic heterocycles. The van der Waals surface area contributed by atoms with Gasteiger partial charge in [0.15, 0.2) is 0 Å². The number of hydrogen-bond donors (Lipinski definition) is 1. The molecular weight excluding hydrogens is 204 g/mol. The fourth-order valence-corrected chi connectivity index (χ4v) is 1.93. The van der Waals surface area contributed by atoms with Crippen LogP contribution in [0.3, 0.4) is 0 Å². The molecule has 2 N–H and O–H groups in total. The van der Waals surface area contributed by atoms with E-state index in [0.717, 1.165) is 36.5 Å². The van der Waals surface area contributed by atoms with Crippen molar-refractivity contribution >= 4 is 0 Å². The molecule has 0 saturated carbocycles. The molecule has 0 aliphatic carbocycles. The standard InChI is InChI=1S/C12H18N2O2/c1-2-15-12-8-14-10(6-9(12)7-13)11-4-3-5-16-11/h6,8,11H,2-5,7,13H2,1H3. The first kappa shape index (κ1) is 11.4. The van der Waals surface area contributed by atoms with E-state index in [1.165, 1.54) is 0 Å². The molecule has 1 fully saturated rings. The molecule has 88 valence electrons. The van der Waals surface area contributed by atoms with Gasteiger partial charge in [0, 0.05) is 18.7 Å². The van der Waals surface area contributed by atoms with E-state index in [9.17, 15) is 0 Å². The first-order valence-electron chi connectivity index (χ1n) is 5.78. The van der Waals surface area contributed by atoms with Crippen LogP contribution in [-0.2, 0) is 11.3 Å². The van der Waals surface area contributed by atoms with Crippen molar-refractivity contribution in [2.45, 2.75) is 32.4 Å². The zero-order valence-electron chi connectivity index (χ0n) is 9.61. The van der Waals surface area contributed by atoms with Gasteiger partial charge in [-0.05, 0) is 25.8 Å². The van der Waals surface area contributed by atoms with E-state index in [1.807, 2.05) is 13.0 Å². The topological polar surface area (TPSA) is 57.4 Å². The highest BCUT2D eigenvalue weighted by atomic mass is 16.5. The molecule has 1 aromatic heterocycles. The largest absolute Gasteiger partial charge is 0.492 e. The Balaban J connectivity index is 2.21. The summed E-state index contributed by atoms with van der Waals surface area (Å²) in [7, 11) is 0. The molecule has 1 unspecified atom stereocenters. The van der Waals surface area contributed by atoms with Crippen LogP contribution in [0.15, 0.2) is 12.3 Å². The van der Waals surface area contributed by atoms with Gasteiger partial charge in [0.2, 0.25) is 0 Å². The molecule has 0 bridgehead atoms. The van der Waals surface area contributed by atoms with E-state index in [2.05, 4.69) is 4.98 Å². The van der Waals surface area contributed by atoms with E-state index in [0.29, 0.717) is 13.2 Å². The molecule has 0 amide bonds. The predicted molar refractivity (Wildman–Crippen MR) is 61.2 cm³/mol. The van der Waals surface area contributed by atoms with Gasteiger partial charge in [0.1, 0.15) is 5.75 Å². The minimum Gasteiger partial charge on any atom is -0.492 e. The number of aromatic nitrogens is 1. The highest BCUT2D eigenvalue weighted by Gasteiger charge is 2.20. The molecule has 2 rings (SSSR count). The third kappa shape index (κ3) is 2.33. The summed E-state index contributed by atoms with van der Waals surface area (Å²) in [6, 6.07) is 2.00. The zero-order chi connectivity index (χ0) is 11.4. The first-order chi connectivity index (χ1) is 7.85. The van der Waals surface area contributed by atoms with Crippen molar-refractivity contribution in [3.05, 3.63) is 23.5 Å². The van der Waals surface area contributed by atoms with Gasteiger partial charge in [-0.2, -0.15) is 0 Å². The maximum Gasteiger partial charge on any atom is 0.142 e. The number of hydrogen-bond acceptors (Lipinski definition) is 4. The Bertz CT molecular complexity index is 349. The number of ether oxygens (including phenoxy) is 2. The second-order valence-electron chi connectivity index (χ2n) is 3.86. The van der Waals surface area contributed by atoms with E-state index < -0.39 is 0 Å². The Kier molecular flexibility index (Phi) is 3.74. The van der Waals surface area contributed by atoms with E-state index in [1.54, 1.807) is 6.20 Å². The highest BCUT2D eigenvalue weighted by molar-refractivity contribution is 5.33. The zero-order valence-corrected chi connectivity index (χ0v) is 9.61. The summed E-state index contributed by atoms with van der Waals surface area (Å²) in [5, 5.41) is 0. The molecule has 1 saturated heterocycles. The summed E-state index contributed by atoms with van der Waals surface area (Å²) in [4.78, 5) is 4.38. The Morgan fingerprint density at radius 3 is 3.12 bits per heavy atom. The van der Waals surface area contributed by atoms with Crippen LogP contribution < -0.4 is 10.5 Å². The van der Waals surface area contributed by atoms with Gasteiger partial charge >= 0.3 is 0 Å². The summed E-state index contributed by atoms with van der Waals surface area (Å²) in [5.41, 5.74) is 7.68. The van der Waals surface area contributed by atoms with Crippen LogP contribution in [0.1, 0.15) is 37.1 Å². The summed E-state index contributed by atoms with van der Waals surface area (Å²) < 4.78 is 11.1. The Labute approximate surface area is 95.8 Å². The van der Waals surface area contributed by atoms with Crippen molar-refractivity contribution in [3.63, 3.8) is 0 Å². The van der Waals surface area contributed by atoms with Gasteiger partial charge < -0.3 is 15.2 Å². The third-order valence-electron chi connectivity index (χ3n) is 2.75. The van der Waals surface area contributed by atoms with Gasteiger partial charge in [-0.25, -0.2) is 0 Å². The van der Waals surface area contributed by atoms with E-state index in [4.69, 9.17) is 15.2 Å². The second-order valence-corrected chi connectivity index (χ2v) is 3.86. The van der Waals surface area contributed by atoms with Crippen LogP contribution in [0.4, 0.5) is 0 Å². The molecule has 4 heteroatoms. The number of pyridine rings is 1. The molecule has 1 aliphatic rings. The molecule has 0 spiro atoms. The highest BCUT2D eigenvalue weighted by Crippen LogP contribution is 2.29. The Morgan fingerprint density at radius 2 is 2.50 bits per heavy atom. The lowest BCUT2D eigenvalue weighted by Gasteiger charge is -2.13. The van der Waals surface area contributed by atoms with Crippen LogP contribution in [0.5, 0.6) is 5.75 Å². The molecule has 1 aromatic rings. The molecular formula is C12H18N2O2. The number of rotatable bonds is 4. The van der Waals surface area contributed by atoms with Crippen molar-refractivity contribution in [1.82, 2.24) is 4.98 Å². The first-order valence-corrected chi connectivity index (χ1v) is 5.78. The van der Waals surface area contributed by atoms with Gasteiger partial charge in [-0.15, -0.1) is 0 Å². The van der Waals surface area contributed by atoms with Crippen molar-refractivity contribution < 1.29 is 9.47 Å². The van der Waals surface area contributed by atoms with Crippen molar-refractivity contribution in [1.29, 1.82) is 0 Å². The van der Waals surface area contributed by atoms with Gasteiger partial charge in [0.25, 0.3) is 0 Å². The third-order valence-corrected chi connectivity index (χ3v) is 2.75. The van der Waals surface area contributed by atoms with E-state index >= 15 is 0 Å². The lowest BCUT2D eigenvalue weighted by molar-refractivity contribution is 0.108. The molecule has 1 atom stereocenters. The molecule has 2 heterocycles. The summed E-state index contributed by atoms with van der Waals surface area (Å²) in [6.07, 6.45) is 4.05. The second kappa shape index (κ2) is 5.27. The maximum atomic E-state index is 5.70. The molecule has 16 heavy (non-hydrogen) atoms. The molecule has 0 aromatic carbocycles. The van der Waals surface area contributed by atoms with Crippen molar-refractivity contribution in [2.24, 2.45) is 5.73 Å². The average Bonchev–Trinajstić information content (AvgIpc) is 2.83. The van der Waals surface area contributed by atoms with Gasteiger partial charge in [0.05, 0.1) is 24.6 Å². The van der Waals surface area contributed by atoms with Gasteiger partial charge in [-0.1, -0.05) is 0 Å². The summed E-state index contributed by atoms with van der Waals surface area (Å²) >= 11 is 0. The fraction of sp³-hybridized carbons (Fsp3) is 0.583. The van der Waals surface area contributed by atoms with Crippen LogP contribution in [0, 0.1) is 0 Å². The van der Waals surface area contributed by atoms with Gasteiger partial charge in [-0.3, -0.25) is 4.98 Å². The number of nitrogens with zero attached hydrogens (tertiary/aromatic N) is 1. The monoisotopic (exact) mass is 222 g/mol.